The molecule has 22 heavy (non-hydrogen) atoms. The number of halogens is 3. The minimum absolute atomic E-state index is 0.184. The first-order valence-corrected chi connectivity index (χ1v) is 7.36. The lowest BCUT2D eigenvalue weighted by Gasteiger charge is -2.37. The van der Waals surface area contributed by atoms with Gasteiger partial charge in [-0.3, -0.25) is 0 Å². The number of fused-ring (bicyclic) bond motifs is 1. The summed E-state index contributed by atoms with van der Waals surface area (Å²) in [4.78, 5) is 0. The van der Waals surface area contributed by atoms with Crippen molar-refractivity contribution in [3.63, 3.8) is 0 Å². The minimum Gasteiger partial charge on any atom is -0.487 e. The molecule has 0 fully saturated rings. The fourth-order valence-corrected chi connectivity index (χ4v) is 2.13. The molecule has 1 N–H and O–H groups in total. The van der Waals surface area contributed by atoms with Crippen molar-refractivity contribution in [3.05, 3.63) is 22.7 Å². The maximum absolute atomic E-state index is 13.5. The van der Waals surface area contributed by atoms with Gasteiger partial charge in [0.2, 0.25) is 0 Å². The monoisotopic (exact) mass is 331 g/mol. The second-order valence-electron chi connectivity index (χ2n) is 6.57. The first-order valence-electron chi connectivity index (χ1n) is 6.98. The molecule has 0 unspecified atom stereocenters. The summed E-state index contributed by atoms with van der Waals surface area (Å²) in [6.07, 6.45) is -0.461. The van der Waals surface area contributed by atoms with E-state index in [1.807, 2.05) is 0 Å². The maximum Gasteiger partial charge on any atom is 0.332 e. The third-order valence-electron chi connectivity index (χ3n) is 4.06. The van der Waals surface area contributed by atoms with E-state index in [9.17, 15) is 13.9 Å². The topological polar surface area (TPSA) is 38.7 Å². The predicted octanol–water partition coefficient (Wildman–Crippen LogP) is 2.72. The number of rotatable bonds is 4. The van der Waals surface area contributed by atoms with Gasteiger partial charge in [-0.15, -0.1) is 0 Å². The Hall–Kier alpha value is -0.845. The number of aliphatic hydroxyl groups is 1. The minimum atomic E-state index is -2.93. The molecule has 2 rings (SSSR count). The number of benzene rings is 1. The summed E-state index contributed by atoms with van der Waals surface area (Å²) in [5.41, 5.74) is -1.21. The molecule has 0 saturated carbocycles. The highest BCUT2D eigenvalue weighted by Crippen LogP contribution is 2.36. The van der Waals surface area contributed by atoms with Crippen molar-refractivity contribution < 1.29 is 23.3 Å². The molecule has 1 radical (unpaired) electrons. The fraction of sp³-hybridized carbons (Fsp3) is 0.600. The third-order valence-corrected chi connectivity index (χ3v) is 4.50. The average Bonchev–Trinajstić information content (AvgIpc) is 2.36. The van der Waals surface area contributed by atoms with Gasteiger partial charge in [0.15, 0.2) is 6.61 Å². The van der Waals surface area contributed by atoms with Crippen molar-refractivity contribution >= 4 is 24.5 Å². The summed E-state index contributed by atoms with van der Waals surface area (Å²) in [5, 5.41) is 10.2. The van der Waals surface area contributed by atoms with Crippen LogP contribution >= 0.6 is 11.6 Å². The van der Waals surface area contributed by atoms with Crippen LogP contribution < -0.4 is 10.2 Å². The molecular formula is C15H19BClF2O3. The van der Waals surface area contributed by atoms with E-state index in [1.165, 1.54) is 7.48 Å². The Morgan fingerprint density at radius 1 is 1.32 bits per heavy atom. The molecule has 3 nitrogen and oxygen atoms in total. The highest BCUT2D eigenvalue weighted by atomic mass is 35.5. The van der Waals surface area contributed by atoms with E-state index in [0.29, 0.717) is 11.2 Å². The highest BCUT2D eigenvalue weighted by Gasteiger charge is 2.38. The Balaban J connectivity index is 2.21. The zero-order chi connectivity index (χ0) is 16.8. The Kier molecular flexibility index (Phi) is 4.50. The van der Waals surface area contributed by atoms with Gasteiger partial charge < -0.3 is 14.5 Å². The molecule has 7 heteroatoms. The summed E-state index contributed by atoms with van der Waals surface area (Å²) in [7, 11) is 1.38. The van der Waals surface area contributed by atoms with Gasteiger partial charge in [-0.25, -0.2) is 8.78 Å². The van der Waals surface area contributed by atoms with Crippen molar-refractivity contribution in [2.45, 2.75) is 51.2 Å². The third kappa shape index (κ3) is 3.55. The first-order chi connectivity index (χ1) is 9.93. The largest absolute Gasteiger partial charge is 0.487 e. The van der Waals surface area contributed by atoms with Gasteiger partial charge in [-0.2, -0.15) is 0 Å². The molecule has 0 atom stereocenters. The van der Waals surface area contributed by atoms with E-state index < -0.39 is 30.2 Å². The van der Waals surface area contributed by atoms with Crippen LogP contribution in [0.25, 0.3) is 0 Å². The van der Waals surface area contributed by atoms with Crippen LogP contribution in [0.4, 0.5) is 8.78 Å². The van der Waals surface area contributed by atoms with Crippen LogP contribution in [0.15, 0.2) is 12.1 Å². The highest BCUT2D eigenvalue weighted by molar-refractivity contribution is 6.54. The van der Waals surface area contributed by atoms with Gasteiger partial charge in [0.05, 0.1) is 11.2 Å². The lowest BCUT2D eigenvalue weighted by atomic mass is 9.81. The van der Waals surface area contributed by atoms with Crippen molar-refractivity contribution in [1.29, 1.82) is 0 Å². The fourth-order valence-electron chi connectivity index (χ4n) is 1.86. The molecule has 0 bridgehead atoms. The smallest absolute Gasteiger partial charge is 0.332 e. The number of alkyl halides is 2. The Labute approximate surface area is 134 Å². The van der Waals surface area contributed by atoms with Gasteiger partial charge in [0.1, 0.15) is 5.75 Å². The van der Waals surface area contributed by atoms with Crippen LogP contribution in [-0.4, -0.2) is 36.3 Å². The molecule has 0 aromatic heterocycles. The molecule has 1 aliphatic rings. The Morgan fingerprint density at radius 2 is 1.95 bits per heavy atom. The normalized spacial score (nSPS) is 17.6. The van der Waals surface area contributed by atoms with E-state index in [2.05, 4.69) is 0 Å². The Bertz CT molecular complexity index is 571. The second-order valence-corrected chi connectivity index (χ2v) is 6.95. The van der Waals surface area contributed by atoms with Gasteiger partial charge in [-0.05, 0) is 39.2 Å². The maximum atomic E-state index is 13.5. The molecule has 0 amide bonds. The van der Waals surface area contributed by atoms with Crippen LogP contribution in [0.1, 0.15) is 33.3 Å². The zero-order valence-corrected chi connectivity index (χ0v) is 13.8. The lowest BCUT2D eigenvalue weighted by Crippen LogP contribution is -2.49. The van der Waals surface area contributed by atoms with E-state index in [-0.39, 0.29) is 10.6 Å². The van der Waals surface area contributed by atoms with Crippen LogP contribution in [0.2, 0.25) is 5.02 Å². The SMILES string of the molecule is CC(C)(O)C(C)(C)O[B]c1ccc2c(c1Cl)CC(F)(F)CO2. The quantitative estimate of drug-likeness (QED) is 0.862. The molecular weight excluding hydrogens is 312 g/mol. The van der Waals surface area contributed by atoms with E-state index in [0.717, 1.165) is 0 Å². The molecule has 0 spiro atoms. The van der Waals surface area contributed by atoms with Gasteiger partial charge in [0.25, 0.3) is 5.92 Å². The molecule has 121 valence electrons. The van der Waals surface area contributed by atoms with E-state index in [1.54, 1.807) is 39.8 Å². The molecule has 1 aromatic rings. The van der Waals surface area contributed by atoms with Crippen LogP contribution in [0.5, 0.6) is 5.75 Å². The van der Waals surface area contributed by atoms with Crippen LogP contribution in [0, 0.1) is 0 Å². The van der Waals surface area contributed by atoms with Gasteiger partial charge in [-0.1, -0.05) is 17.7 Å². The molecule has 1 aliphatic heterocycles. The predicted molar refractivity (Wildman–Crippen MR) is 82.4 cm³/mol. The summed E-state index contributed by atoms with van der Waals surface area (Å²) in [6, 6.07) is 3.24. The Morgan fingerprint density at radius 3 is 2.55 bits per heavy atom. The zero-order valence-electron chi connectivity index (χ0n) is 13.0. The van der Waals surface area contributed by atoms with Crippen molar-refractivity contribution in [2.75, 3.05) is 6.61 Å². The van der Waals surface area contributed by atoms with Crippen LogP contribution in [-0.2, 0) is 11.1 Å². The number of ether oxygens (including phenoxy) is 1. The van der Waals surface area contributed by atoms with E-state index >= 15 is 0 Å². The molecule has 1 aromatic carbocycles. The van der Waals surface area contributed by atoms with Crippen molar-refractivity contribution in [3.8, 4) is 5.75 Å². The molecule has 0 aliphatic carbocycles. The molecule has 1 heterocycles. The first kappa shape index (κ1) is 17.5. The summed E-state index contributed by atoms with van der Waals surface area (Å²) in [5.74, 6) is -2.56. The number of hydrogen-bond acceptors (Lipinski definition) is 3. The standard InChI is InChI=1S/C15H19BClF2O3/c1-13(2,20)14(3,4)22-16-10-5-6-11-9(12(10)17)7-15(18,19)8-21-11/h5-6,20H,7-8H2,1-4H3. The van der Waals surface area contributed by atoms with Crippen molar-refractivity contribution in [1.82, 2.24) is 0 Å². The van der Waals surface area contributed by atoms with Crippen LogP contribution in [0.3, 0.4) is 0 Å². The second kappa shape index (κ2) is 5.66. The van der Waals surface area contributed by atoms with Gasteiger partial charge in [0, 0.05) is 17.0 Å². The van der Waals surface area contributed by atoms with Gasteiger partial charge >= 0.3 is 7.48 Å². The molecule has 0 saturated heterocycles. The van der Waals surface area contributed by atoms with Crippen molar-refractivity contribution in [2.24, 2.45) is 0 Å². The number of hydrogen-bond donors (Lipinski definition) is 1. The summed E-state index contributed by atoms with van der Waals surface area (Å²) < 4.78 is 37.6. The average molecular weight is 332 g/mol. The summed E-state index contributed by atoms with van der Waals surface area (Å²) >= 11 is 6.21. The lowest BCUT2D eigenvalue weighted by molar-refractivity contribution is -0.0893. The van der Waals surface area contributed by atoms with E-state index in [4.69, 9.17) is 21.0 Å². The summed E-state index contributed by atoms with van der Waals surface area (Å²) in [6.45, 7) is 6.08.